The maximum absolute atomic E-state index is 3.54. The van der Waals surface area contributed by atoms with Crippen LogP contribution in [0.3, 0.4) is 0 Å². The molecule has 0 aromatic carbocycles. The van der Waals surface area contributed by atoms with Crippen molar-refractivity contribution in [2.24, 2.45) is 5.41 Å². The van der Waals surface area contributed by atoms with Crippen molar-refractivity contribution in [1.29, 1.82) is 0 Å². The molecule has 1 saturated carbocycles. The summed E-state index contributed by atoms with van der Waals surface area (Å²) < 4.78 is 0. The average Bonchev–Trinajstić information content (AvgIpc) is 2.15. The summed E-state index contributed by atoms with van der Waals surface area (Å²) in [5, 5.41) is 3.54. The van der Waals surface area contributed by atoms with E-state index in [4.69, 9.17) is 0 Å². The van der Waals surface area contributed by atoms with E-state index >= 15 is 0 Å². The van der Waals surface area contributed by atoms with E-state index in [-0.39, 0.29) is 0 Å². The normalized spacial score (nSPS) is 21.4. The van der Waals surface area contributed by atoms with Crippen molar-refractivity contribution in [1.82, 2.24) is 10.2 Å². The van der Waals surface area contributed by atoms with Crippen molar-refractivity contribution in [3.05, 3.63) is 0 Å². The SMILES string of the molecule is CCNCC1(CN(C)C)CCCCC1. The minimum atomic E-state index is 0.567. The maximum Gasteiger partial charge on any atom is 0.00440 e. The quantitative estimate of drug-likeness (QED) is 0.728. The Bertz CT molecular complexity index is 148. The minimum absolute atomic E-state index is 0.567. The molecular weight excluding hydrogens is 172 g/mol. The Labute approximate surface area is 89.1 Å². The van der Waals surface area contributed by atoms with Crippen LogP contribution in [0.5, 0.6) is 0 Å². The molecule has 0 atom stereocenters. The van der Waals surface area contributed by atoms with Gasteiger partial charge in [-0.2, -0.15) is 0 Å². The van der Waals surface area contributed by atoms with Crippen LogP contribution in [0.15, 0.2) is 0 Å². The number of rotatable bonds is 5. The Morgan fingerprint density at radius 1 is 1.14 bits per heavy atom. The molecule has 0 aromatic heterocycles. The van der Waals surface area contributed by atoms with Crippen molar-refractivity contribution < 1.29 is 0 Å². The van der Waals surface area contributed by atoms with Crippen LogP contribution in [0.1, 0.15) is 39.0 Å². The fourth-order valence-corrected chi connectivity index (χ4v) is 2.75. The lowest BCUT2D eigenvalue weighted by molar-refractivity contribution is 0.131. The molecule has 0 heterocycles. The first-order valence-corrected chi connectivity index (χ1v) is 6.04. The van der Waals surface area contributed by atoms with Crippen molar-refractivity contribution in [2.75, 3.05) is 33.7 Å². The molecule has 1 aliphatic rings. The molecule has 2 nitrogen and oxygen atoms in total. The van der Waals surface area contributed by atoms with E-state index in [1.807, 2.05) is 0 Å². The lowest BCUT2D eigenvalue weighted by Gasteiger charge is -2.39. The van der Waals surface area contributed by atoms with Gasteiger partial charge in [0.05, 0.1) is 0 Å². The van der Waals surface area contributed by atoms with Gasteiger partial charge >= 0.3 is 0 Å². The Kier molecular flexibility index (Phi) is 4.90. The van der Waals surface area contributed by atoms with Crippen LogP contribution in [0.4, 0.5) is 0 Å². The predicted molar refractivity (Wildman–Crippen MR) is 62.6 cm³/mol. The highest BCUT2D eigenvalue weighted by atomic mass is 15.1. The lowest BCUT2D eigenvalue weighted by atomic mass is 9.73. The number of hydrogen-bond donors (Lipinski definition) is 1. The third-order valence-corrected chi connectivity index (χ3v) is 3.32. The molecule has 0 amide bonds. The summed E-state index contributed by atoms with van der Waals surface area (Å²) in [6.45, 7) is 5.77. The second-order valence-electron chi connectivity index (χ2n) is 5.08. The summed E-state index contributed by atoms with van der Waals surface area (Å²) in [6.07, 6.45) is 7.14. The van der Waals surface area contributed by atoms with Gasteiger partial charge in [0.15, 0.2) is 0 Å². The Morgan fingerprint density at radius 2 is 1.79 bits per heavy atom. The van der Waals surface area contributed by atoms with Crippen LogP contribution < -0.4 is 5.32 Å². The molecule has 1 aliphatic carbocycles. The fraction of sp³-hybridized carbons (Fsp3) is 1.00. The average molecular weight is 198 g/mol. The third-order valence-electron chi connectivity index (χ3n) is 3.32. The van der Waals surface area contributed by atoms with Gasteiger partial charge < -0.3 is 10.2 Å². The summed E-state index contributed by atoms with van der Waals surface area (Å²) in [5.41, 5.74) is 0.567. The van der Waals surface area contributed by atoms with E-state index in [0.29, 0.717) is 5.41 Å². The molecule has 1 rings (SSSR count). The van der Waals surface area contributed by atoms with Gasteiger partial charge in [-0.15, -0.1) is 0 Å². The van der Waals surface area contributed by atoms with E-state index in [0.717, 1.165) is 6.54 Å². The molecule has 0 spiro atoms. The van der Waals surface area contributed by atoms with Gasteiger partial charge in [0.2, 0.25) is 0 Å². The van der Waals surface area contributed by atoms with Gasteiger partial charge in [0, 0.05) is 13.1 Å². The summed E-state index contributed by atoms with van der Waals surface area (Å²) >= 11 is 0. The third kappa shape index (κ3) is 3.58. The van der Waals surface area contributed by atoms with Gasteiger partial charge in [-0.3, -0.25) is 0 Å². The Hall–Kier alpha value is -0.0800. The first-order valence-electron chi connectivity index (χ1n) is 6.04. The van der Waals surface area contributed by atoms with Crippen LogP contribution in [0.25, 0.3) is 0 Å². The van der Waals surface area contributed by atoms with E-state index in [1.54, 1.807) is 0 Å². The van der Waals surface area contributed by atoms with Gasteiger partial charge in [-0.1, -0.05) is 26.2 Å². The Morgan fingerprint density at radius 3 is 2.29 bits per heavy atom. The Balaban J connectivity index is 2.47. The standard InChI is InChI=1S/C12H26N2/c1-4-13-10-12(11-14(2)3)8-6-5-7-9-12/h13H,4-11H2,1-3H3. The van der Waals surface area contributed by atoms with E-state index < -0.39 is 0 Å². The first-order chi connectivity index (χ1) is 6.68. The molecule has 1 fully saturated rings. The van der Waals surface area contributed by atoms with Crippen molar-refractivity contribution >= 4 is 0 Å². The number of nitrogens with zero attached hydrogens (tertiary/aromatic N) is 1. The predicted octanol–water partition coefficient (Wildman–Crippen LogP) is 2.11. The molecule has 0 unspecified atom stereocenters. The van der Waals surface area contributed by atoms with Crippen LogP contribution in [-0.4, -0.2) is 38.6 Å². The van der Waals surface area contributed by atoms with Crippen molar-refractivity contribution in [3.63, 3.8) is 0 Å². The van der Waals surface area contributed by atoms with Crippen LogP contribution >= 0.6 is 0 Å². The summed E-state index contributed by atoms with van der Waals surface area (Å²) in [4.78, 5) is 2.35. The molecule has 84 valence electrons. The highest BCUT2D eigenvalue weighted by molar-refractivity contribution is 4.86. The molecule has 0 saturated heterocycles. The topological polar surface area (TPSA) is 15.3 Å². The second kappa shape index (κ2) is 5.72. The summed E-state index contributed by atoms with van der Waals surface area (Å²) in [7, 11) is 4.39. The molecule has 2 heteroatoms. The van der Waals surface area contributed by atoms with Crippen LogP contribution in [0.2, 0.25) is 0 Å². The lowest BCUT2D eigenvalue weighted by Crippen LogP contribution is -2.43. The molecule has 0 aromatic rings. The highest BCUT2D eigenvalue weighted by Crippen LogP contribution is 2.36. The van der Waals surface area contributed by atoms with Crippen molar-refractivity contribution in [3.8, 4) is 0 Å². The largest absolute Gasteiger partial charge is 0.316 e. The first kappa shape index (κ1) is 12.0. The number of nitrogens with one attached hydrogen (secondary N) is 1. The van der Waals surface area contributed by atoms with Gasteiger partial charge in [-0.05, 0) is 38.9 Å². The van der Waals surface area contributed by atoms with E-state index in [9.17, 15) is 0 Å². The molecule has 1 N–H and O–H groups in total. The monoisotopic (exact) mass is 198 g/mol. The van der Waals surface area contributed by atoms with E-state index in [2.05, 4.69) is 31.2 Å². The number of hydrogen-bond acceptors (Lipinski definition) is 2. The zero-order chi connectivity index (χ0) is 10.4. The second-order valence-corrected chi connectivity index (χ2v) is 5.08. The zero-order valence-corrected chi connectivity index (χ0v) is 10.1. The molecule has 0 aliphatic heterocycles. The van der Waals surface area contributed by atoms with Crippen LogP contribution in [-0.2, 0) is 0 Å². The van der Waals surface area contributed by atoms with Gasteiger partial charge in [0.25, 0.3) is 0 Å². The summed E-state index contributed by atoms with van der Waals surface area (Å²) in [5.74, 6) is 0. The minimum Gasteiger partial charge on any atom is -0.316 e. The molecule has 14 heavy (non-hydrogen) atoms. The molecular formula is C12H26N2. The smallest absolute Gasteiger partial charge is 0.00440 e. The van der Waals surface area contributed by atoms with Gasteiger partial charge in [-0.25, -0.2) is 0 Å². The van der Waals surface area contributed by atoms with E-state index in [1.165, 1.54) is 45.2 Å². The zero-order valence-electron chi connectivity index (χ0n) is 10.1. The highest BCUT2D eigenvalue weighted by Gasteiger charge is 2.31. The molecule has 0 radical (unpaired) electrons. The maximum atomic E-state index is 3.54. The summed E-state index contributed by atoms with van der Waals surface area (Å²) in [6, 6.07) is 0. The molecule has 0 bridgehead atoms. The van der Waals surface area contributed by atoms with Crippen molar-refractivity contribution in [2.45, 2.75) is 39.0 Å². The van der Waals surface area contributed by atoms with Crippen LogP contribution in [0, 0.1) is 5.41 Å². The van der Waals surface area contributed by atoms with Gasteiger partial charge in [0.1, 0.15) is 0 Å². The fourth-order valence-electron chi connectivity index (χ4n) is 2.75.